The Hall–Kier alpha value is -3.38. The molecule has 4 rings (SSSR count). The van der Waals surface area contributed by atoms with Gasteiger partial charge in [-0.1, -0.05) is 23.7 Å². The van der Waals surface area contributed by atoms with Crippen LogP contribution >= 0.6 is 11.6 Å². The van der Waals surface area contributed by atoms with Crippen molar-refractivity contribution in [1.29, 1.82) is 0 Å². The number of hydrogen-bond acceptors (Lipinski definition) is 4. The molecule has 0 radical (unpaired) electrons. The van der Waals surface area contributed by atoms with Crippen molar-refractivity contribution in [3.63, 3.8) is 0 Å². The molecule has 3 aromatic carbocycles. The van der Waals surface area contributed by atoms with Crippen LogP contribution in [0.25, 0.3) is 16.7 Å². The monoisotopic (exact) mass is 447 g/mol. The van der Waals surface area contributed by atoms with Crippen molar-refractivity contribution in [2.75, 3.05) is 23.3 Å². The van der Waals surface area contributed by atoms with Crippen LogP contribution in [-0.2, 0) is 11.2 Å². The van der Waals surface area contributed by atoms with E-state index in [2.05, 4.69) is 46.4 Å². The SMILES string of the molecule is CCN(CC)c1ccc(-n2nc3cc(C)c(NC(=O)Cc4ccc(Cl)cc4)cc3n2)cc1. The first kappa shape index (κ1) is 21.8. The minimum atomic E-state index is -0.0887. The van der Waals surface area contributed by atoms with Crippen molar-refractivity contribution in [3.05, 3.63) is 76.8 Å². The minimum Gasteiger partial charge on any atom is -0.372 e. The average molecular weight is 448 g/mol. The largest absolute Gasteiger partial charge is 0.372 e. The standard InChI is InChI=1S/C25H26ClN5O/c1-4-30(5-2)20-10-12-21(13-11-20)31-28-23-14-17(3)22(16-24(23)29-31)27-25(32)15-18-6-8-19(26)9-7-18/h6-14,16H,4-5,15H2,1-3H3,(H,27,32). The third-order valence-electron chi connectivity index (χ3n) is 5.49. The number of carbonyl (C=O) groups is 1. The Bertz CT molecular complexity index is 1230. The van der Waals surface area contributed by atoms with E-state index < -0.39 is 0 Å². The smallest absolute Gasteiger partial charge is 0.228 e. The molecule has 0 unspecified atom stereocenters. The molecule has 1 heterocycles. The molecule has 0 saturated carbocycles. The average Bonchev–Trinajstić information content (AvgIpc) is 3.19. The number of nitrogens with one attached hydrogen (secondary N) is 1. The number of anilines is 2. The highest BCUT2D eigenvalue weighted by molar-refractivity contribution is 6.30. The molecular formula is C25H26ClN5O. The van der Waals surface area contributed by atoms with Gasteiger partial charge in [0.2, 0.25) is 5.91 Å². The van der Waals surface area contributed by atoms with Crippen molar-refractivity contribution in [1.82, 2.24) is 15.0 Å². The highest BCUT2D eigenvalue weighted by Crippen LogP contribution is 2.23. The summed E-state index contributed by atoms with van der Waals surface area (Å²) < 4.78 is 0. The fourth-order valence-electron chi connectivity index (χ4n) is 3.69. The number of carbonyl (C=O) groups excluding carboxylic acids is 1. The fourth-order valence-corrected chi connectivity index (χ4v) is 3.81. The molecule has 0 aliphatic rings. The summed E-state index contributed by atoms with van der Waals surface area (Å²) in [5.41, 5.74) is 6.16. The van der Waals surface area contributed by atoms with Crippen LogP contribution in [0.15, 0.2) is 60.7 Å². The summed E-state index contributed by atoms with van der Waals surface area (Å²) in [6, 6.07) is 19.3. The van der Waals surface area contributed by atoms with Crippen LogP contribution < -0.4 is 10.2 Å². The van der Waals surface area contributed by atoms with Crippen LogP contribution in [-0.4, -0.2) is 34.0 Å². The van der Waals surface area contributed by atoms with Gasteiger partial charge in [-0.15, -0.1) is 10.2 Å². The lowest BCUT2D eigenvalue weighted by molar-refractivity contribution is -0.115. The van der Waals surface area contributed by atoms with Crippen LogP contribution in [0.4, 0.5) is 11.4 Å². The van der Waals surface area contributed by atoms with Gasteiger partial charge in [0.1, 0.15) is 11.0 Å². The van der Waals surface area contributed by atoms with Crippen molar-refractivity contribution in [3.8, 4) is 5.69 Å². The van der Waals surface area contributed by atoms with Gasteiger partial charge in [0, 0.05) is 29.5 Å². The summed E-state index contributed by atoms with van der Waals surface area (Å²) in [7, 11) is 0. The number of amides is 1. The lowest BCUT2D eigenvalue weighted by Gasteiger charge is -2.20. The molecule has 0 fully saturated rings. The Kier molecular flexibility index (Phi) is 6.42. The normalized spacial score (nSPS) is 11.0. The second-order valence-electron chi connectivity index (χ2n) is 7.69. The first-order valence-corrected chi connectivity index (χ1v) is 11.1. The summed E-state index contributed by atoms with van der Waals surface area (Å²) in [5.74, 6) is -0.0887. The van der Waals surface area contributed by atoms with Gasteiger partial charge < -0.3 is 10.2 Å². The van der Waals surface area contributed by atoms with Crippen LogP contribution in [0.3, 0.4) is 0 Å². The summed E-state index contributed by atoms with van der Waals surface area (Å²) in [6.45, 7) is 8.17. The molecule has 1 amide bonds. The number of benzene rings is 3. The highest BCUT2D eigenvalue weighted by atomic mass is 35.5. The van der Waals surface area contributed by atoms with E-state index in [0.717, 1.165) is 46.6 Å². The number of fused-ring (bicyclic) bond motifs is 1. The Morgan fingerprint density at radius 3 is 2.22 bits per heavy atom. The van der Waals surface area contributed by atoms with E-state index in [4.69, 9.17) is 11.6 Å². The van der Waals surface area contributed by atoms with E-state index in [9.17, 15) is 4.79 Å². The van der Waals surface area contributed by atoms with Gasteiger partial charge in [0.25, 0.3) is 0 Å². The van der Waals surface area contributed by atoms with E-state index in [1.165, 1.54) is 5.69 Å². The maximum atomic E-state index is 12.5. The summed E-state index contributed by atoms with van der Waals surface area (Å²) >= 11 is 5.92. The van der Waals surface area contributed by atoms with Gasteiger partial charge in [-0.25, -0.2) is 0 Å². The number of nitrogens with zero attached hydrogens (tertiary/aromatic N) is 4. The molecule has 4 aromatic rings. The Morgan fingerprint density at radius 1 is 0.969 bits per heavy atom. The van der Waals surface area contributed by atoms with Crippen LogP contribution in [0.5, 0.6) is 0 Å². The maximum absolute atomic E-state index is 12.5. The zero-order valence-corrected chi connectivity index (χ0v) is 19.2. The van der Waals surface area contributed by atoms with Gasteiger partial charge in [-0.3, -0.25) is 4.79 Å². The molecule has 32 heavy (non-hydrogen) atoms. The Morgan fingerprint density at radius 2 is 1.59 bits per heavy atom. The third kappa shape index (κ3) is 4.75. The molecule has 0 bridgehead atoms. The van der Waals surface area contributed by atoms with Gasteiger partial charge in [0.05, 0.1) is 12.1 Å². The van der Waals surface area contributed by atoms with Gasteiger partial charge in [-0.2, -0.15) is 4.80 Å². The van der Waals surface area contributed by atoms with E-state index in [-0.39, 0.29) is 12.3 Å². The third-order valence-corrected chi connectivity index (χ3v) is 5.74. The molecule has 0 aliphatic heterocycles. The van der Waals surface area contributed by atoms with Gasteiger partial charge in [0.15, 0.2) is 0 Å². The molecule has 164 valence electrons. The van der Waals surface area contributed by atoms with E-state index in [1.807, 2.05) is 43.3 Å². The molecule has 0 saturated heterocycles. The van der Waals surface area contributed by atoms with Crippen molar-refractivity contribution >= 4 is 39.9 Å². The topological polar surface area (TPSA) is 63.1 Å². The van der Waals surface area contributed by atoms with Crippen molar-refractivity contribution < 1.29 is 4.79 Å². The number of hydrogen-bond donors (Lipinski definition) is 1. The number of halogens is 1. The summed E-state index contributed by atoms with van der Waals surface area (Å²) in [6.07, 6.45) is 0.278. The molecule has 0 atom stereocenters. The predicted octanol–water partition coefficient (Wildman–Crippen LogP) is 5.41. The van der Waals surface area contributed by atoms with E-state index in [0.29, 0.717) is 5.02 Å². The molecule has 0 aliphatic carbocycles. The second kappa shape index (κ2) is 9.40. The van der Waals surface area contributed by atoms with Crippen molar-refractivity contribution in [2.45, 2.75) is 27.2 Å². The minimum absolute atomic E-state index is 0.0887. The number of rotatable bonds is 7. The molecule has 7 heteroatoms. The van der Waals surface area contributed by atoms with Crippen LogP contribution in [0.2, 0.25) is 5.02 Å². The lowest BCUT2D eigenvalue weighted by atomic mass is 10.1. The van der Waals surface area contributed by atoms with Gasteiger partial charge in [-0.05, 0) is 80.4 Å². The van der Waals surface area contributed by atoms with Gasteiger partial charge >= 0.3 is 0 Å². The zero-order valence-electron chi connectivity index (χ0n) is 18.5. The summed E-state index contributed by atoms with van der Waals surface area (Å²) in [5, 5.41) is 12.9. The first-order chi connectivity index (χ1) is 15.5. The first-order valence-electron chi connectivity index (χ1n) is 10.7. The quantitative estimate of drug-likeness (QED) is 0.411. The number of aromatic nitrogens is 3. The predicted molar refractivity (Wildman–Crippen MR) is 131 cm³/mol. The maximum Gasteiger partial charge on any atom is 0.228 e. The molecule has 0 spiro atoms. The zero-order chi connectivity index (χ0) is 22.7. The molecule has 1 aromatic heterocycles. The van der Waals surface area contributed by atoms with Crippen LogP contribution in [0, 0.1) is 6.92 Å². The molecular weight excluding hydrogens is 422 g/mol. The van der Waals surface area contributed by atoms with E-state index >= 15 is 0 Å². The summed E-state index contributed by atoms with van der Waals surface area (Å²) in [4.78, 5) is 16.5. The van der Waals surface area contributed by atoms with Crippen molar-refractivity contribution in [2.24, 2.45) is 0 Å². The fraction of sp³-hybridized carbons (Fsp3) is 0.240. The van der Waals surface area contributed by atoms with Crippen LogP contribution in [0.1, 0.15) is 25.0 Å². The molecule has 1 N–H and O–H groups in total. The lowest BCUT2D eigenvalue weighted by Crippen LogP contribution is -2.21. The Labute approximate surface area is 192 Å². The number of aryl methyl sites for hydroxylation is 1. The highest BCUT2D eigenvalue weighted by Gasteiger charge is 2.12. The molecule has 6 nitrogen and oxygen atoms in total. The second-order valence-corrected chi connectivity index (χ2v) is 8.12. The van der Waals surface area contributed by atoms with E-state index in [1.54, 1.807) is 16.9 Å². The Balaban J connectivity index is 1.53.